The van der Waals surface area contributed by atoms with Gasteiger partial charge in [-0.2, -0.15) is 0 Å². The zero-order valence-corrected chi connectivity index (χ0v) is 19.5. The molecule has 0 saturated heterocycles. The summed E-state index contributed by atoms with van der Waals surface area (Å²) in [5.41, 5.74) is 3.94. The number of imidazole rings is 1. The van der Waals surface area contributed by atoms with Gasteiger partial charge in [0.25, 0.3) is 0 Å². The fraction of sp³-hybridized carbons (Fsp3) is 0.259. The number of ether oxygens (including phenoxy) is 2. The van der Waals surface area contributed by atoms with E-state index in [1.54, 1.807) is 7.11 Å². The molecule has 4 aromatic rings. The number of para-hydroxylation sites is 3. The first-order valence-corrected chi connectivity index (χ1v) is 11.5. The lowest BCUT2D eigenvalue weighted by atomic mass is 10.1. The lowest BCUT2D eigenvalue weighted by molar-refractivity contribution is 0.236. The van der Waals surface area contributed by atoms with E-state index in [1.165, 1.54) is 0 Å². The zero-order valence-electron chi connectivity index (χ0n) is 19.5. The molecule has 176 valence electrons. The van der Waals surface area contributed by atoms with Crippen molar-refractivity contribution in [1.29, 1.82) is 0 Å². The minimum Gasteiger partial charge on any atom is -0.497 e. The van der Waals surface area contributed by atoms with Crippen molar-refractivity contribution in [1.82, 2.24) is 20.6 Å². The largest absolute Gasteiger partial charge is 0.497 e. The molecule has 0 aliphatic carbocycles. The number of fused-ring (bicyclic) bond motifs is 1. The highest BCUT2D eigenvalue weighted by molar-refractivity contribution is 5.76. The molecular weight excluding hydrogens is 428 g/mol. The van der Waals surface area contributed by atoms with Gasteiger partial charge in [0.05, 0.1) is 30.8 Å². The first kappa shape index (κ1) is 23.2. The number of methoxy groups -OCH3 is 1. The SMILES string of the molecule is CCOc1ccccc1CCNC(=O)N[C@H](Cc1ccc(OC)cc1)c1nc2ccccc2[nH]1. The van der Waals surface area contributed by atoms with E-state index in [2.05, 4.69) is 15.6 Å². The maximum Gasteiger partial charge on any atom is 0.315 e. The van der Waals surface area contributed by atoms with Crippen LogP contribution >= 0.6 is 0 Å². The van der Waals surface area contributed by atoms with Gasteiger partial charge in [-0.25, -0.2) is 9.78 Å². The number of aromatic amines is 1. The van der Waals surface area contributed by atoms with Crippen LogP contribution in [0, 0.1) is 0 Å². The number of rotatable bonds is 10. The number of urea groups is 1. The average molecular weight is 459 g/mol. The normalized spacial score (nSPS) is 11.7. The van der Waals surface area contributed by atoms with Crippen molar-refractivity contribution < 1.29 is 14.3 Å². The van der Waals surface area contributed by atoms with E-state index in [-0.39, 0.29) is 12.1 Å². The van der Waals surface area contributed by atoms with Crippen molar-refractivity contribution in [2.45, 2.75) is 25.8 Å². The number of aromatic nitrogens is 2. The third kappa shape index (κ3) is 5.86. The third-order valence-corrected chi connectivity index (χ3v) is 5.59. The molecule has 34 heavy (non-hydrogen) atoms. The fourth-order valence-electron chi connectivity index (χ4n) is 3.88. The summed E-state index contributed by atoms with van der Waals surface area (Å²) >= 11 is 0. The lowest BCUT2D eigenvalue weighted by Crippen LogP contribution is -2.40. The molecule has 3 aromatic carbocycles. The van der Waals surface area contributed by atoms with Crippen LogP contribution in [0.2, 0.25) is 0 Å². The minimum absolute atomic E-state index is 0.243. The molecule has 7 heteroatoms. The summed E-state index contributed by atoms with van der Waals surface area (Å²) in [7, 11) is 1.64. The van der Waals surface area contributed by atoms with E-state index in [9.17, 15) is 4.79 Å². The average Bonchev–Trinajstić information content (AvgIpc) is 3.30. The Balaban J connectivity index is 1.44. The van der Waals surface area contributed by atoms with Gasteiger partial charge < -0.3 is 25.1 Å². The molecule has 4 rings (SSSR count). The second kappa shape index (κ2) is 11.2. The van der Waals surface area contributed by atoms with E-state index in [4.69, 9.17) is 14.5 Å². The maximum absolute atomic E-state index is 12.8. The summed E-state index contributed by atoms with van der Waals surface area (Å²) in [5, 5.41) is 6.06. The van der Waals surface area contributed by atoms with Gasteiger partial charge in [-0.3, -0.25) is 0 Å². The van der Waals surface area contributed by atoms with E-state index in [0.29, 0.717) is 31.8 Å². The molecule has 0 saturated carbocycles. The third-order valence-electron chi connectivity index (χ3n) is 5.59. The van der Waals surface area contributed by atoms with Crippen molar-refractivity contribution in [3.63, 3.8) is 0 Å². The Morgan fingerprint density at radius 2 is 1.79 bits per heavy atom. The predicted octanol–water partition coefficient (Wildman–Crippen LogP) is 4.80. The number of carbonyl (C=O) groups is 1. The highest BCUT2D eigenvalue weighted by Gasteiger charge is 2.19. The van der Waals surface area contributed by atoms with Crippen molar-refractivity contribution in [2.75, 3.05) is 20.3 Å². The highest BCUT2D eigenvalue weighted by atomic mass is 16.5. The molecule has 0 aliphatic heterocycles. The van der Waals surface area contributed by atoms with Crippen LogP contribution in [0.5, 0.6) is 11.5 Å². The molecule has 0 fully saturated rings. The van der Waals surface area contributed by atoms with E-state index in [0.717, 1.165) is 33.7 Å². The Kier molecular flexibility index (Phi) is 7.65. The monoisotopic (exact) mass is 458 g/mol. The van der Waals surface area contributed by atoms with Gasteiger partial charge in [0.2, 0.25) is 0 Å². The van der Waals surface area contributed by atoms with Crippen LogP contribution in [0.1, 0.15) is 29.9 Å². The van der Waals surface area contributed by atoms with Crippen molar-refractivity contribution in [3.8, 4) is 11.5 Å². The Labute approximate surface area is 199 Å². The highest BCUT2D eigenvalue weighted by Crippen LogP contribution is 2.22. The molecule has 2 amide bonds. The molecule has 0 spiro atoms. The maximum atomic E-state index is 12.8. The molecule has 1 aromatic heterocycles. The summed E-state index contributed by atoms with van der Waals surface area (Å²) in [6, 6.07) is 23.0. The van der Waals surface area contributed by atoms with Crippen LogP contribution in [-0.2, 0) is 12.8 Å². The summed E-state index contributed by atoms with van der Waals surface area (Å²) in [4.78, 5) is 20.9. The van der Waals surface area contributed by atoms with Crippen LogP contribution in [0.25, 0.3) is 11.0 Å². The molecule has 0 bridgehead atoms. The predicted molar refractivity (Wildman–Crippen MR) is 133 cm³/mol. The number of benzene rings is 3. The number of nitrogens with zero attached hydrogens (tertiary/aromatic N) is 1. The van der Waals surface area contributed by atoms with Gasteiger partial charge in [0.1, 0.15) is 17.3 Å². The van der Waals surface area contributed by atoms with E-state index in [1.807, 2.05) is 79.7 Å². The smallest absolute Gasteiger partial charge is 0.315 e. The summed E-state index contributed by atoms with van der Waals surface area (Å²) in [6.45, 7) is 3.06. The molecule has 0 unspecified atom stereocenters. The van der Waals surface area contributed by atoms with Crippen LogP contribution in [0.3, 0.4) is 0 Å². The molecule has 1 heterocycles. The van der Waals surface area contributed by atoms with Gasteiger partial charge in [-0.05, 0) is 61.2 Å². The fourth-order valence-corrected chi connectivity index (χ4v) is 3.88. The Morgan fingerprint density at radius 1 is 1.03 bits per heavy atom. The van der Waals surface area contributed by atoms with Crippen molar-refractivity contribution >= 4 is 17.1 Å². The number of H-pyrrole nitrogens is 1. The first-order chi connectivity index (χ1) is 16.7. The number of amides is 2. The van der Waals surface area contributed by atoms with Crippen LogP contribution in [0.4, 0.5) is 4.79 Å². The number of hydrogen-bond acceptors (Lipinski definition) is 4. The number of hydrogen-bond donors (Lipinski definition) is 3. The molecule has 0 aliphatic rings. The molecule has 0 radical (unpaired) electrons. The Bertz CT molecular complexity index is 1190. The van der Waals surface area contributed by atoms with Crippen LogP contribution in [-0.4, -0.2) is 36.3 Å². The second-order valence-electron chi connectivity index (χ2n) is 7.93. The second-order valence-corrected chi connectivity index (χ2v) is 7.93. The van der Waals surface area contributed by atoms with Gasteiger partial charge in [0.15, 0.2) is 0 Å². The number of carbonyl (C=O) groups excluding carboxylic acids is 1. The van der Waals surface area contributed by atoms with Gasteiger partial charge in [-0.15, -0.1) is 0 Å². The summed E-state index contributed by atoms with van der Waals surface area (Å²) in [6.07, 6.45) is 1.27. The molecule has 7 nitrogen and oxygen atoms in total. The lowest BCUT2D eigenvalue weighted by Gasteiger charge is -2.18. The van der Waals surface area contributed by atoms with Crippen molar-refractivity contribution in [2.24, 2.45) is 0 Å². The Hall–Kier alpha value is -4.00. The molecule has 1 atom stereocenters. The quantitative estimate of drug-likeness (QED) is 0.319. The first-order valence-electron chi connectivity index (χ1n) is 11.5. The Morgan fingerprint density at radius 3 is 2.56 bits per heavy atom. The topological polar surface area (TPSA) is 88.3 Å². The van der Waals surface area contributed by atoms with Crippen LogP contribution < -0.4 is 20.1 Å². The number of nitrogens with one attached hydrogen (secondary N) is 3. The molecule has 3 N–H and O–H groups in total. The van der Waals surface area contributed by atoms with Crippen molar-refractivity contribution in [3.05, 3.63) is 89.7 Å². The summed E-state index contributed by atoms with van der Waals surface area (Å²) < 4.78 is 10.9. The van der Waals surface area contributed by atoms with E-state index < -0.39 is 0 Å². The van der Waals surface area contributed by atoms with Gasteiger partial charge >= 0.3 is 6.03 Å². The van der Waals surface area contributed by atoms with Crippen LogP contribution in [0.15, 0.2) is 72.8 Å². The van der Waals surface area contributed by atoms with E-state index >= 15 is 0 Å². The zero-order chi connectivity index (χ0) is 23.8. The molecular formula is C27H30N4O3. The minimum atomic E-state index is -0.323. The van der Waals surface area contributed by atoms with Gasteiger partial charge in [-0.1, -0.05) is 42.5 Å². The van der Waals surface area contributed by atoms with Gasteiger partial charge in [0, 0.05) is 6.54 Å². The standard InChI is InChI=1S/C27H30N4O3/c1-3-34-25-11-7-4-8-20(25)16-17-28-27(32)31-24(18-19-12-14-21(33-2)15-13-19)26-29-22-9-5-6-10-23(22)30-26/h4-15,24H,3,16-18H2,1-2H3,(H,29,30)(H2,28,31,32)/t24-/m1/s1. The summed E-state index contributed by atoms with van der Waals surface area (Å²) in [5.74, 6) is 2.36.